The molecule has 1 aromatic carbocycles. The fourth-order valence-corrected chi connectivity index (χ4v) is 4.07. The molecule has 5 nitrogen and oxygen atoms in total. The molecule has 0 unspecified atom stereocenters. The molecule has 2 aromatic rings. The van der Waals surface area contributed by atoms with Crippen molar-refractivity contribution >= 4 is 5.91 Å². The summed E-state index contributed by atoms with van der Waals surface area (Å²) < 4.78 is 14.0. The highest BCUT2D eigenvalue weighted by molar-refractivity contribution is 5.95. The van der Waals surface area contributed by atoms with Gasteiger partial charge in [0, 0.05) is 50.2 Å². The first-order valence-electron chi connectivity index (χ1n) is 10.5. The first kappa shape index (κ1) is 21.5. The van der Waals surface area contributed by atoms with Gasteiger partial charge >= 0.3 is 0 Å². The van der Waals surface area contributed by atoms with Crippen molar-refractivity contribution in [2.45, 2.75) is 26.3 Å². The van der Waals surface area contributed by atoms with Crippen molar-refractivity contribution in [2.24, 2.45) is 5.92 Å². The molecule has 1 aromatic heterocycles. The average Bonchev–Trinajstić information content (AvgIpc) is 3.12. The molecule has 1 N–H and O–H groups in total. The summed E-state index contributed by atoms with van der Waals surface area (Å²) in [6.45, 7) is 6.73. The Balaban J connectivity index is 1.65. The Bertz CT molecular complexity index is 804. The second kappa shape index (κ2) is 10.0. The number of amides is 1. The van der Waals surface area contributed by atoms with Crippen LogP contribution in [-0.2, 0) is 6.54 Å². The number of hydrogen-bond acceptors (Lipinski definition) is 3. The zero-order chi connectivity index (χ0) is 20.8. The van der Waals surface area contributed by atoms with Crippen LogP contribution in [-0.4, -0.2) is 72.4 Å². The SMILES string of the molecule is Cc1[nH]ccc1C(=O)N(CCN(C)C)C[C@@H]1CCCN(Cc2ccccc2F)C1. The van der Waals surface area contributed by atoms with Gasteiger partial charge in [0.2, 0.25) is 0 Å². The number of hydrogen-bond donors (Lipinski definition) is 1. The molecular weight excluding hydrogens is 367 g/mol. The largest absolute Gasteiger partial charge is 0.365 e. The van der Waals surface area contributed by atoms with Crippen molar-refractivity contribution < 1.29 is 9.18 Å². The highest BCUT2D eigenvalue weighted by Crippen LogP contribution is 2.22. The van der Waals surface area contributed by atoms with Crippen molar-refractivity contribution in [3.63, 3.8) is 0 Å². The number of carbonyl (C=O) groups excluding carboxylic acids is 1. The van der Waals surface area contributed by atoms with Crippen molar-refractivity contribution in [3.05, 3.63) is 59.2 Å². The Morgan fingerprint density at radius 1 is 1.24 bits per heavy atom. The molecule has 1 saturated heterocycles. The minimum atomic E-state index is -0.139. The van der Waals surface area contributed by atoms with Crippen LogP contribution in [0.25, 0.3) is 0 Å². The summed E-state index contributed by atoms with van der Waals surface area (Å²) in [5.74, 6) is 0.359. The van der Waals surface area contributed by atoms with Gasteiger partial charge in [0.05, 0.1) is 5.56 Å². The smallest absolute Gasteiger partial charge is 0.255 e. The normalized spacial score (nSPS) is 17.6. The van der Waals surface area contributed by atoms with Gasteiger partial charge in [-0.3, -0.25) is 9.69 Å². The van der Waals surface area contributed by atoms with Crippen LogP contribution in [0.2, 0.25) is 0 Å². The number of nitrogens with one attached hydrogen (secondary N) is 1. The Hall–Kier alpha value is -2.18. The van der Waals surface area contributed by atoms with Gasteiger partial charge < -0.3 is 14.8 Å². The summed E-state index contributed by atoms with van der Waals surface area (Å²) >= 11 is 0. The van der Waals surface area contributed by atoms with Gasteiger partial charge in [0.15, 0.2) is 0 Å². The van der Waals surface area contributed by atoms with E-state index in [0.29, 0.717) is 19.0 Å². The summed E-state index contributed by atoms with van der Waals surface area (Å²) in [6, 6.07) is 8.87. The number of aromatic amines is 1. The van der Waals surface area contributed by atoms with Gasteiger partial charge in [0.1, 0.15) is 5.82 Å². The highest BCUT2D eigenvalue weighted by Gasteiger charge is 2.26. The van der Waals surface area contributed by atoms with E-state index in [-0.39, 0.29) is 11.7 Å². The van der Waals surface area contributed by atoms with Crippen LogP contribution in [0.4, 0.5) is 4.39 Å². The molecule has 1 fully saturated rings. The minimum Gasteiger partial charge on any atom is -0.365 e. The predicted molar refractivity (Wildman–Crippen MR) is 114 cm³/mol. The fraction of sp³-hybridized carbons (Fsp3) is 0.522. The minimum absolute atomic E-state index is 0.0943. The first-order valence-corrected chi connectivity index (χ1v) is 10.5. The van der Waals surface area contributed by atoms with Gasteiger partial charge in [0.25, 0.3) is 5.91 Å². The van der Waals surface area contributed by atoms with Gasteiger partial charge in [-0.1, -0.05) is 18.2 Å². The number of aromatic nitrogens is 1. The van der Waals surface area contributed by atoms with Crippen LogP contribution in [0.5, 0.6) is 0 Å². The Morgan fingerprint density at radius 3 is 2.72 bits per heavy atom. The summed E-state index contributed by atoms with van der Waals surface area (Å²) in [7, 11) is 4.06. The summed E-state index contributed by atoms with van der Waals surface area (Å²) in [5.41, 5.74) is 2.41. The molecule has 1 atom stereocenters. The molecule has 3 rings (SSSR count). The molecule has 2 heterocycles. The summed E-state index contributed by atoms with van der Waals surface area (Å²) in [6.07, 6.45) is 4.01. The molecule has 6 heteroatoms. The van der Waals surface area contributed by atoms with Crippen molar-refractivity contribution in [2.75, 3.05) is 46.8 Å². The molecule has 1 aliphatic heterocycles. The van der Waals surface area contributed by atoms with E-state index >= 15 is 0 Å². The third kappa shape index (κ3) is 5.90. The number of H-pyrrole nitrogens is 1. The van der Waals surface area contributed by atoms with E-state index in [0.717, 1.165) is 55.8 Å². The number of aryl methyl sites for hydroxylation is 1. The molecule has 158 valence electrons. The lowest BCUT2D eigenvalue weighted by Crippen LogP contribution is -2.44. The van der Waals surface area contributed by atoms with E-state index in [1.54, 1.807) is 6.07 Å². The lowest BCUT2D eigenvalue weighted by Gasteiger charge is -2.36. The maximum absolute atomic E-state index is 14.0. The molecule has 0 bridgehead atoms. The Kier molecular flexibility index (Phi) is 7.45. The van der Waals surface area contributed by atoms with E-state index in [1.807, 2.05) is 50.3 Å². The van der Waals surface area contributed by atoms with Crippen LogP contribution in [0, 0.1) is 18.7 Å². The van der Waals surface area contributed by atoms with E-state index in [9.17, 15) is 9.18 Å². The Labute approximate surface area is 173 Å². The quantitative estimate of drug-likeness (QED) is 0.739. The number of halogens is 1. The third-order valence-corrected chi connectivity index (χ3v) is 5.72. The molecule has 1 amide bonds. The van der Waals surface area contributed by atoms with Crippen molar-refractivity contribution in [3.8, 4) is 0 Å². The zero-order valence-corrected chi connectivity index (χ0v) is 17.8. The lowest BCUT2D eigenvalue weighted by atomic mass is 9.96. The molecule has 29 heavy (non-hydrogen) atoms. The molecule has 0 saturated carbocycles. The second-order valence-electron chi connectivity index (χ2n) is 8.41. The van der Waals surface area contributed by atoms with Gasteiger partial charge in [-0.2, -0.15) is 0 Å². The third-order valence-electron chi connectivity index (χ3n) is 5.72. The standard InChI is InChI=1S/C23H33FN4O/c1-18-21(10-11-25-18)23(29)28(14-13-26(2)3)16-19-7-6-12-27(15-19)17-20-8-4-5-9-22(20)24/h4-5,8-11,19,25H,6-7,12-17H2,1-3H3/t19-/m1/s1. The van der Waals surface area contributed by atoms with E-state index in [1.165, 1.54) is 6.07 Å². The molecular formula is C23H33FN4O. The van der Waals surface area contributed by atoms with Gasteiger partial charge in [-0.25, -0.2) is 4.39 Å². The van der Waals surface area contributed by atoms with Gasteiger partial charge in [-0.05, 0) is 58.5 Å². The number of nitrogens with zero attached hydrogens (tertiary/aromatic N) is 3. The molecule has 0 radical (unpaired) electrons. The molecule has 0 spiro atoms. The van der Waals surface area contributed by atoms with Crippen LogP contribution < -0.4 is 0 Å². The van der Waals surface area contributed by atoms with E-state index in [4.69, 9.17) is 0 Å². The number of likely N-dealkylation sites (tertiary alicyclic amines) is 1. The average molecular weight is 401 g/mol. The second-order valence-corrected chi connectivity index (χ2v) is 8.41. The number of carbonyl (C=O) groups is 1. The maximum Gasteiger partial charge on any atom is 0.255 e. The van der Waals surface area contributed by atoms with Crippen molar-refractivity contribution in [1.29, 1.82) is 0 Å². The fourth-order valence-electron chi connectivity index (χ4n) is 4.07. The zero-order valence-electron chi connectivity index (χ0n) is 17.8. The van der Waals surface area contributed by atoms with Crippen LogP contribution in [0.1, 0.15) is 34.5 Å². The monoisotopic (exact) mass is 400 g/mol. The van der Waals surface area contributed by atoms with E-state index < -0.39 is 0 Å². The van der Waals surface area contributed by atoms with Crippen molar-refractivity contribution in [1.82, 2.24) is 19.7 Å². The highest BCUT2D eigenvalue weighted by atomic mass is 19.1. The van der Waals surface area contributed by atoms with Gasteiger partial charge in [-0.15, -0.1) is 0 Å². The topological polar surface area (TPSA) is 42.6 Å². The van der Waals surface area contributed by atoms with Crippen LogP contribution in [0.15, 0.2) is 36.5 Å². The number of piperidine rings is 1. The summed E-state index contributed by atoms with van der Waals surface area (Å²) in [5, 5.41) is 0. The lowest BCUT2D eigenvalue weighted by molar-refractivity contribution is 0.0659. The van der Waals surface area contributed by atoms with E-state index in [2.05, 4.69) is 14.8 Å². The maximum atomic E-state index is 14.0. The Morgan fingerprint density at radius 2 is 2.03 bits per heavy atom. The number of likely N-dealkylation sites (N-methyl/N-ethyl adjacent to an activating group) is 1. The first-order chi connectivity index (χ1) is 13.9. The van der Waals surface area contributed by atoms with Crippen LogP contribution >= 0.6 is 0 Å². The molecule has 0 aliphatic carbocycles. The molecule has 1 aliphatic rings. The van der Waals surface area contributed by atoms with Crippen LogP contribution in [0.3, 0.4) is 0 Å². The number of rotatable bonds is 8. The number of benzene rings is 1. The predicted octanol–water partition coefficient (Wildman–Crippen LogP) is 3.38. The summed E-state index contributed by atoms with van der Waals surface area (Å²) in [4.78, 5) is 22.7.